The van der Waals surface area contributed by atoms with Gasteiger partial charge < -0.3 is 14.7 Å². The normalized spacial score (nSPS) is 17.3. The average molecular weight is 336 g/mol. The lowest BCUT2D eigenvalue weighted by atomic mass is 10.1. The summed E-state index contributed by atoms with van der Waals surface area (Å²) in [6.45, 7) is 4.06. The number of hydrogen-bond donors (Lipinski definition) is 1. The number of aromatic hydroxyl groups is 1. The zero-order valence-corrected chi connectivity index (χ0v) is 13.8. The number of nitrogens with zero attached hydrogens (tertiary/aromatic N) is 4. The van der Waals surface area contributed by atoms with Crippen molar-refractivity contribution in [3.8, 4) is 5.75 Å². The van der Waals surface area contributed by atoms with E-state index in [4.69, 9.17) is 4.74 Å². The van der Waals surface area contributed by atoms with Gasteiger partial charge >= 0.3 is 5.97 Å². The lowest BCUT2D eigenvalue weighted by Gasteiger charge is -2.29. The van der Waals surface area contributed by atoms with Crippen molar-refractivity contribution in [1.82, 2.24) is 19.7 Å². The Hall–Kier alpha value is -2.42. The molecule has 0 spiro atoms. The molecule has 1 amide bonds. The van der Waals surface area contributed by atoms with Gasteiger partial charge in [0.25, 0.3) is 5.91 Å². The largest absolute Gasteiger partial charge is 0.503 e. The molecule has 0 saturated heterocycles. The van der Waals surface area contributed by atoms with E-state index in [1.165, 1.54) is 20.9 Å². The number of aromatic nitrogens is 3. The molecule has 1 N–H and O–H groups in total. The molecule has 0 aromatic carbocycles. The van der Waals surface area contributed by atoms with E-state index in [9.17, 15) is 14.7 Å². The molecule has 0 aliphatic carbocycles. The van der Waals surface area contributed by atoms with Crippen molar-refractivity contribution in [1.29, 1.82) is 0 Å². The number of ether oxygens (including phenoxy) is 1. The van der Waals surface area contributed by atoms with Crippen LogP contribution in [0.15, 0.2) is 5.38 Å². The summed E-state index contributed by atoms with van der Waals surface area (Å²) in [5.74, 6) is -1.60. The Balaban J connectivity index is 2.12. The van der Waals surface area contributed by atoms with E-state index >= 15 is 0 Å². The number of aryl methyl sites for hydroxylation is 1. The third-order valence-electron chi connectivity index (χ3n) is 3.62. The first kappa shape index (κ1) is 15.5. The van der Waals surface area contributed by atoms with Crippen molar-refractivity contribution >= 4 is 23.2 Å². The third kappa shape index (κ3) is 2.46. The topological polar surface area (TPSA) is 97.5 Å². The van der Waals surface area contributed by atoms with Crippen LogP contribution in [0.1, 0.15) is 44.6 Å². The molecular weight excluding hydrogens is 320 g/mol. The van der Waals surface area contributed by atoms with Crippen LogP contribution >= 0.6 is 11.3 Å². The van der Waals surface area contributed by atoms with Crippen LogP contribution in [0.4, 0.5) is 0 Å². The van der Waals surface area contributed by atoms with Crippen LogP contribution in [0.3, 0.4) is 0 Å². The fraction of sp³-hybridized carbons (Fsp3) is 0.429. The van der Waals surface area contributed by atoms with Gasteiger partial charge in [-0.05, 0) is 13.8 Å². The number of carbonyl (C=O) groups excluding carboxylic acids is 2. The Morgan fingerprint density at radius 1 is 1.57 bits per heavy atom. The van der Waals surface area contributed by atoms with Crippen LogP contribution in [0.5, 0.6) is 5.75 Å². The number of rotatable bonds is 3. The molecule has 0 fully saturated rings. The molecule has 0 bridgehead atoms. The zero-order chi connectivity index (χ0) is 16.7. The Labute approximate surface area is 136 Å². The lowest BCUT2D eigenvalue weighted by molar-refractivity contribution is 0.0514. The molecule has 3 rings (SSSR count). The second-order valence-corrected chi connectivity index (χ2v) is 6.27. The first-order valence-corrected chi connectivity index (χ1v) is 7.98. The predicted molar refractivity (Wildman–Crippen MR) is 81.8 cm³/mol. The number of thiazole rings is 1. The Bertz CT molecular complexity index is 782. The molecule has 0 saturated carbocycles. The quantitative estimate of drug-likeness (QED) is 0.846. The molecule has 2 aromatic heterocycles. The highest BCUT2D eigenvalue weighted by Gasteiger charge is 2.38. The van der Waals surface area contributed by atoms with Gasteiger partial charge in [0, 0.05) is 19.0 Å². The predicted octanol–water partition coefficient (Wildman–Crippen LogP) is 1.21. The molecular formula is C14H16N4O4S. The summed E-state index contributed by atoms with van der Waals surface area (Å²) in [7, 11) is 1.63. The monoisotopic (exact) mass is 336 g/mol. The number of fused-ring (bicyclic) bond motifs is 1. The highest BCUT2D eigenvalue weighted by molar-refractivity contribution is 7.09. The summed E-state index contributed by atoms with van der Waals surface area (Å²) in [5, 5.41) is 17.2. The van der Waals surface area contributed by atoms with E-state index in [0.717, 1.165) is 10.7 Å². The van der Waals surface area contributed by atoms with Gasteiger partial charge in [-0.15, -0.1) is 11.3 Å². The number of hydrogen-bond acceptors (Lipinski definition) is 7. The second-order valence-electron chi connectivity index (χ2n) is 5.20. The zero-order valence-electron chi connectivity index (χ0n) is 12.9. The van der Waals surface area contributed by atoms with Crippen molar-refractivity contribution < 1.29 is 19.4 Å². The minimum Gasteiger partial charge on any atom is -0.503 e. The fourth-order valence-electron chi connectivity index (χ4n) is 2.54. The van der Waals surface area contributed by atoms with E-state index in [1.54, 1.807) is 14.0 Å². The number of likely N-dealkylation sites (N-methyl/N-ethyl adjacent to an activating group) is 1. The molecule has 2 aromatic rings. The third-order valence-corrected chi connectivity index (χ3v) is 4.42. The maximum absolute atomic E-state index is 12.3. The average Bonchev–Trinajstić information content (AvgIpc) is 3.07. The highest BCUT2D eigenvalue weighted by Crippen LogP contribution is 2.33. The van der Waals surface area contributed by atoms with E-state index in [1.807, 2.05) is 12.3 Å². The molecule has 9 heteroatoms. The summed E-state index contributed by atoms with van der Waals surface area (Å²) < 4.78 is 6.25. The number of esters is 1. The van der Waals surface area contributed by atoms with Crippen LogP contribution < -0.4 is 0 Å². The van der Waals surface area contributed by atoms with E-state index in [-0.39, 0.29) is 24.0 Å². The Morgan fingerprint density at radius 2 is 2.30 bits per heavy atom. The van der Waals surface area contributed by atoms with E-state index < -0.39 is 17.6 Å². The van der Waals surface area contributed by atoms with Gasteiger partial charge in [-0.2, -0.15) is 5.10 Å². The summed E-state index contributed by atoms with van der Waals surface area (Å²) >= 11 is 1.49. The molecule has 1 aliphatic heterocycles. The minimum absolute atomic E-state index is 0.0162. The molecule has 8 nitrogen and oxygen atoms in total. The van der Waals surface area contributed by atoms with Crippen molar-refractivity contribution in [2.45, 2.75) is 19.9 Å². The molecule has 122 valence electrons. The second kappa shape index (κ2) is 5.65. The summed E-state index contributed by atoms with van der Waals surface area (Å²) in [5.41, 5.74) is 0.478. The molecule has 1 unspecified atom stereocenters. The summed E-state index contributed by atoms with van der Waals surface area (Å²) in [6.07, 6.45) is 0. The van der Waals surface area contributed by atoms with Gasteiger partial charge in [-0.3, -0.25) is 4.79 Å². The van der Waals surface area contributed by atoms with Gasteiger partial charge in [0.1, 0.15) is 6.04 Å². The highest BCUT2D eigenvalue weighted by atomic mass is 32.1. The molecule has 23 heavy (non-hydrogen) atoms. The van der Waals surface area contributed by atoms with Gasteiger partial charge in [-0.1, -0.05) is 0 Å². The molecule has 0 radical (unpaired) electrons. The first-order chi connectivity index (χ1) is 10.9. The van der Waals surface area contributed by atoms with Crippen LogP contribution in [-0.4, -0.2) is 56.8 Å². The Kier molecular flexibility index (Phi) is 3.80. The van der Waals surface area contributed by atoms with Crippen molar-refractivity contribution in [2.75, 3.05) is 20.2 Å². The van der Waals surface area contributed by atoms with Gasteiger partial charge in [0.2, 0.25) is 5.69 Å². The maximum Gasteiger partial charge on any atom is 0.362 e. The van der Waals surface area contributed by atoms with Gasteiger partial charge in [0.05, 0.1) is 17.3 Å². The van der Waals surface area contributed by atoms with Crippen LogP contribution in [0, 0.1) is 6.92 Å². The lowest BCUT2D eigenvalue weighted by Crippen LogP contribution is -2.41. The SMILES string of the molecule is CCOC(=O)c1nn2c(c1O)C(=O)N(C)CC2c1csc(C)n1. The summed E-state index contributed by atoms with van der Waals surface area (Å²) in [4.78, 5) is 30.2. The number of carbonyl (C=O) groups is 2. The Morgan fingerprint density at radius 3 is 2.91 bits per heavy atom. The van der Waals surface area contributed by atoms with Crippen molar-refractivity contribution in [3.05, 3.63) is 27.5 Å². The van der Waals surface area contributed by atoms with Crippen LogP contribution in [-0.2, 0) is 4.74 Å². The number of amides is 1. The molecule has 3 heterocycles. The standard InChI is InChI=1S/C14H16N4O4S/c1-4-22-14(21)10-12(19)11-13(20)17(3)5-9(18(11)16-10)8-6-23-7(2)15-8/h6,9,19H,4-5H2,1-3H3. The first-order valence-electron chi connectivity index (χ1n) is 7.10. The van der Waals surface area contributed by atoms with E-state index in [2.05, 4.69) is 10.1 Å². The van der Waals surface area contributed by atoms with Crippen molar-refractivity contribution in [2.24, 2.45) is 0 Å². The van der Waals surface area contributed by atoms with Gasteiger partial charge in [0.15, 0.2) is 11.4 Å². The minimum atomic E-state index is -0.754. The summed E-state index contributed by atoms with van der Waals surface area (Å²) in [6, 6.07) is -0.355. The fourth-order valence-corrected chi connectivity index (χ4v) is 3.20. The van der Waals surface area contributed by atoms with Crippen LogP contribution in [0.2, 0.25) is 0 Å². The van der Waals surface area contributed by atoms with Crippen LogP contribution in [0.25, 0.3) is 0 Å². The van der Waals surface area contributed by atoms with Gasteiger partial charge in [-0.25, -0.2) is 14.5 Å². The molecule has 1 atom stereocenters. The van der Waals surface area contributed by atoms with Crippen molar-refractivity contribution in [3.63, 3.8) is 0 Å². The van der Waals surface area contributed by atoms with E-state index in [0.29, 0.717) is 6.54 Å². The smallest absolute Gasteiger partial charge is 0.362 e. The molecule has 1 aliphatic rings. The maximum atomic E-state index is 12.3.